The summed E-state index contributed by atoms with van der Waals surface area (Å²) in [7, 11) is -1.28. The molecule has 0 unspecified atom stereocenters. The standard InChI is InChI=1S/C31H38NO8P/c1-23(33)32-28-30(39-21-26-17-11-6-12-18-26)29(38-20-25-15-9-5-10-16-25)27(40-31(28)41(34,35-2)36-3)22-37-19-24-13-7-4-8-14-24/h4-18,27-31H,19-22H2,1-3H3,(H,32,33)/t27-,28-,29-,30-,31+/m1/s1. The summed E-state index contributed by atoms with van der Waals surface area (Å²) >= 11 is 0. The van der Waals surface area contributed by atoms with Crippen molar-refractivity contribution in [3.63, 3.8) is 0 Å². The zero-order valence-corrected chi connectivity index (χ0v) is 24.5. The third kappa shape index (κ3) is 8.56. The van der Waals surface area contributed by atoms with Crippen LogP contribution in [0.4, 0.5) is 0 Å². The topological polar surface area (TPSA) is 102 Å². The summed E-state index contributed by atoms with van der Waals surface area (Å²) < 4.78 is 49.9. The molecule has 1 N–H and O–H groups in total. The van der Waals surface area contributed by atoms with Gasteiger partial charge in [-0.3, -0.25) is 9.36 Å². The van der Waals surface area contributed by atoms with Crippen LogP contribution in [0.5, 0.6) is 0 Å². The van der Waals surface area contributed by atoms with Crippen LogP contribution in [0, 0.1) is 0 Å². The van der Waals surface area contributed by atoms with Gasteiger partial charge in [0.05, 0.1) is 32.5 Å². The molecule has 1 heterocycles. The minimum absolute atomic E-state index is 0.107. The molecule has 1 aliphatic rings. The van der Waals surface area contributed by atoms with Crippen molar-refractivity contribution in [2.24, 2.45) is 0 Å². The van der Waals surface area contributed by atoms with Crippen molar-refractivity contribution in [3.05, 3.63) is 108 Å². The van der Waals surface area contributed by atoms with Gasteiger partial charge in [-0.2, -0.15) is 0 Å². The summed E-state index contributed by atoms with van der Waals surface area (Å²) in [5, 5.41) is 2.88. The maximum absolute atomic E-state index is 13.8. The number of rotatable bonds is 14. The highest BCUT2D eigenvalue weighted by Crippen LogP contribution is 2.56. The van der Waals surface area contributed by atoms with Gasteiger partial charge >= 0.3 is 7.60 Å². The zero-order valence-electron chi connectivity index (χ0n) is 23.6. The van der Waals surface area contributed by atoms with Crippen LogP contribution >= 0.6 is 7.60 Å². The summed E-state index contributed by atoms with van der Waals surface area (Å²) in [6, 6.07) is 28.2. The van der Waals surface area contributed by atoms with Crippen LogP contribution in [0.3, 0.4) is 0 Å². The van der Waals surface area contributed by atoms with E-state index in [1.807, 2.05) is 91.0 Å². The Morgan fingerprint density at radius 1 is 0.756 bits per heavy atom. The largest absolute Gasteiger partial charge is 0.374 e. The smallest absolute Gasteiger partial charge is 0.360 e. The summed E-state index contributed by atoms with van der Waals surface area (Å²) in [5.41, 5.74) is 2.88. The van der Waals surface area contributed by atoms with E-state index in [4.69, 9.17) is 28.0 Å². The highest BCUT2D eigenvalue weighted by molar-refractivity contribution is 7.54. The fourth-order valence-electron chi connectivity index (χ4n) is 4.80. The van der Waals surface area contributed by atoms with Crippen molar-refractivity contribution in [1.82, 2.24) is 5.32 Å². The Hall–Kier alpha value is -2.88. The SMILES string of the molecule is COP(=O)(OC)[C@@H]1O[C@H](COCc2ccccc2)[C@@H](OCc2ccccc2)[C@H](OCc2ccccc2)[C@H]1NC(C)=O. The summed E-state index contributed by atoms with van der Waals surface area (Å²) in [5.74, 6) is -1.53. The summed E-state index contributed by atoms with van der Waals surface area (Å²) in [4.78, 5) is 12.4. The van der Waals surface area contributed by atoms with Gasteiger partial charge in [0.25, 0.3) is 0 Å². The number of benzene rings is 3. The average Bonchev–Trinajstić information content (AvgIpc) is 3.01. The third-order valence-electron chi connectivity index (χ3n) is 6.82. The third-order valence-corrected chi connectivity index (χ3v) is 8.90. The fourth-order valence-corrected chi connectivity index (χ4v) is 6.30. The highest BCUT2D eigenvalue weighted by atomic mass is 31.2. The molecule has 9 nitrogen and oxygen atoms in total. The monoisotopic (exact) mass is 583 g/mol. The van der Waals surface area contributed by atoms with Gasteiger partial charge < -0.3 is 33.3 Å². The van der Waals surface area contributed by atoms with Gasteiger partial charge in [0.1, 0.15) is 18.3 Å². The lowest BCUT2D eigenvalue weighted by atomic mass is 9.97. The molecule has 3 aromatic rings. The number of carbonyl (C=O) groups is 1. The number of ether oxygens (including phenoxy) is 4. The molecule has 0 radical (unpaired) electrons. The van der Waals surface area contributed by atoms with Gasteiger partial charge in [-0.15, -0.1) is 0 Å². The highest BCUT2D eigenvalue weighted by Gasteiger charge is 2.55. The lowest BCUT2D eigenvalue weighted by molar-refractivity contribution is -0.220. The predicted octanol–water partition coefficient (Wildman–Crippen LogP) is 5.09. The Labute approximate surface area is 241 Å². The Morgan fingerprint density at radius 3 is 1.68 bits per heavy atom. The van der Waals surface area contributed by atoms with E-state index in [1.54, 1.807) is 0 Å². The molecule has 0 bridgehead atoms. The molecule has 41 heavy (non-hydrogen) atoms. The number of carbonyl (C=O) groups excluding carboxylic acids is 1. The molecule has 5 atom stereocenters. The molecule has 1 saturated heterocycles. The van der Waals surface area contributed by atoms with Gasteiger partial charge in [-0.1, -0.05) is 91.0 Å². The van der Waals surface area contributed by atoms with Crippen LogP contribution in [0.1, 0.15) is 23.6 Å². The maximum Gasteiger partial charge on any atom is 0.360 e. The molecule has 0 aromatic heterocycles. The van der Waals surface area contributed by atoms with Crippen molar-refractivity contribution in [2.45, 2.75) is 56.9 Å². The molecule has 0 spiro atoms. The number of hydrogen-bond acceptors (Lipinski definition) is 8. The van der Waals surface area contributed by atoms with Gasteiger partial charge in [0.15, 0.2) is 5.85 Å². The number of hydrogen-bond donors (Lipinski definition) is 1. The van der Waals surface area contributed by atoms with Gasteiger partial charge in [-0.25, -0.2) is 0 Å². The van der Waals surface area contributed by atoms with E-state index in [1.165, 1.54) is 21.1 Å². The molecule has 0 saturated carbocycles. The molecule has 220 valence electrons. The molecule has 0 aliphatic carbocycles. The Kier molecular flexibility index (Phi) is 11.7. The Bertz CT molecular complexity index is 1240. The van der Waals surface area contributed by atoms with Crippen molar-refractivity contribution >= 4 is 13.5 Å². The predicted molar refractivity (Wildman–Crippen MR) is 154 cm³/mol. The van der Waals surface area contributed by atoms with E-state index < -0.39 is 37.8 Å². The van der Waals surface area contributed by atoms with Gasteiger partial charge in [0, 0.05) is 21.1 Å². The van der Waals surface area contributed by atoms with Gasteiger partial charge in [-0.05, 0) is 16.7 Å². The van der Waals surface area contributed by atoms with E-state index in [0.29, 0.717) is 6.61 Å². The van der Waals surface area contributed by atoms with Crippen LogP contribution in [-0.4, -0.2) is 56.9 Å². The second-order valence-electron chi connectivity index (χ2n) is 9.72. The van der Waals surface area contributed by atoms with Crippen molar-refractivity contribution in [2.75, 3.05) is 20.8 Å². The van der Waals surface area contributed by atoms with E-state index in [9.17, 15) is 9.36 Å². The Morgan fingerprint density at radius 2 is 1.22 bits per heavy atom. The van der Waals surface area contributed by atoms with Crippen molar-refractivity contribution in [1.29, 1.82) is 0 Å². The van der Waals surface area contributed by atoms with Crippen molar-refractivity contribution < 1.29 is 37.4 Å². The molecule has 4 rings (SSSR count). The lowest BCUT2D eigenvalue weighted by Crippen LogP contribution is -2.65. The van der Waals surface area contributed by atoms with E-state index in [2.05, 4.69) is 5.32 Å². The van der Waals surface area contributed by atoms with E-state index >= 15 is 0 Å². The minimum atomic E-state index is -3.86. The first-order chi connectivity index (χ1) is 19.9. The van der Waals surface area contributed by atoms with E-state index in [0.717, 1.165) is 16.7 Å². The second kappa shape index (κ2) is 15.4. The summed E-state index contributed by atoms with van der Waals surface area (Å²) in [6.45, 7) is 2.31. The molecule has 1 amide bonds. The second-order valence-corrected chi connectivity index (χ2v) is 12.0. The molecule has 1 aliphatic heterocycles. The molecule has 10 heteroatoms. The van der Waals surface area contributed by atoms with Crippen LogP contribution in [-0.2, 0) is 57.2 Å². The lowest BCUT2D eigenvalue weighted by Gasteiger charge is -2.47. The first-order valence-corrected chi connectivity index (χ1v) is 15.1. The quantitative estimate of drug-likeness (QED) is 0.262. The first-order valence-electron chi connectivity index (χ1n) is 13.5. The van der Waals surface area contributed by atoms with Crippen molar-refractivity contribution in [3.8, 4) is 0 Å². The van der Waals surface area contributed by atoms with Crippen LogP contribution in [0.2, 0.25) is 0 Å². The normalized spacial score (nSPS) is 22.8. The number of amides is 1. The number of nitrogens with one attached hydrogen (secondary N) is 1. The zero-order chi connectivity index (χ0) is 29.1. The molecular formula is C31H38NO8P. The molecule has 1 fully saturated rings. The van der Waals surface area contributed by atoms with Gasteiger partial charge in [0.2, 0.25) is 5.91 Å². The average molecular weight is 584 g/mol. The molecule has 3 aromatic carbocycles. The first kappa shape index (κ1) is 31.1. The Balaban J connectivity index is 1.67. The molecular weight excluding hydrogens is 545 g/mol. The van der Waals surface area contributed by atoms with Crippen LogP contribution < -0.4 is 5.32 Å². The van der Waals surface area contributed by atoms with Crippen LogP contribution in [0.25, 0.3) is 0 Å². The van der Waals surface area contributed by atoms with E-state index in [-0.39, 0.29) is 25.7 Å². The summed E-state index contributed by atoms with van der Waals surface area (Å²) in [6.07, 6.45) is -2.22. The van der Waals surface area contributed by atoms with Crippen LogP contribution in [0.15, 0.2) is 91.0 Å². The maximum atomic E-state index is 13.8. The fraction of sp³-hybridized carbons (Fsp3) is 0.387. The minimum Gasteiger partial charge on any atom is -0.374 e.